The summed E-state index contributed by atoms with van der Waals surface area (Å²) in [7, 11) is 1.72. The molecule has 146 valence electrons. The fraction of sp³-hybridized carbons (Fsp3) is 0.0769. The number of methoxy groups -OCH3 is 1. The van der Waals surface area contributed by atoms with Crippen LogP contribution in [0.1, 0.15) is 5.56 Å². The Morgan fingerprint density at radius 3 is 2.17 bits per heavy atom. The molecule has 0 aliphatic carbocycles. The smallest absolute Gasteiger partial charge is 0.137 e. The second-order valence-corrected chi connectivity index (χ2v) is 7.29. The summed E-state index contributed by atoms with van der Waals surface area (Å²) in [6.45, 7) is 2.09. The van der Waals surface area contributed by atoms with Crippen LogP contribution in [0.5, 0.6) is 5.75 Å². The number of aromatic amines is 1. The number of rotatable bonds is 4. The maximum Gasteiger partial charge on any atom is 0.137 e. The van der Waals surface area contributed by atoms with E-state index in [1.54, 1.807) is 13.3 Å². The Morgan fingerprint density at radius 1 is 0.767 bits per heavy atom. The highest BCUT2D eigenvalue weighted by atomic mass is 16.5. The second-order valence-electron chi connectivity index (χ2n) is 7.29. The van der Waals surface area contributed by atoms with Gasteiger partial charge in [-0.1, -0.05) is 66.2 Å². The maximum absolute atomic E-state index is 5.85. The summed E-state index contributed by atoms with van der Waals surface area (Å²) in [4.78, 5) is 12.3. The van der Waals surface area contributed by atoms with E-state index in [0.29, 0.717) is 0 Å². The van der Waals surface area contributed by atoms with Crippen LogP contribution in [-0.4, -0.2) is 22.1 Å². The molecular formula is C26H21N3O. The third-order valence-electron chi connectivity index (χ3n) is 5.38. The van der Waals surface area contributed by atoms with Gasteiger partial charge in [0.05, 0.1) is 12.6 Å². The molecule has 30 heavy (non-hydrogen) atoms. The van der Waals surface area contributed by atoms with Gasteiger partial charge in [0.15, 0.2) is 0 Å². The van der Waals surface area contributed by atoms with Gasteiger partial charge in [-0.15, -0.1) is 0 Å². The summed E-state index contributed by atoms with van der Waals surface area (Å²) in [5, 5.41) is 1.00. The summed E-state index contributed by atoms with van der Waals surface area (Å²) >= 11 is 0. The van der Waals surface area contributed by atoms with Crippen LogP contribution < -0.4 is 4.74 Å². The molecule has 0 fully saturated rings. The van der Waals surface area contributed by atoms with Crippen molar-refractivity contribution in [3.8, 4) is 39.4 Å². The van der Waals surface area contributed by atoms with Gasteiger partial charge < -0.3 is 9.72 Å². The molecule has 0 aliphatic rings. The monoisotopic (exact) mass is 391 g/mol. The molecule has 5 rings (SSSR count). The first-order valence-electron chi connectivity index (χ1n) is 9.87. The molecule has 4 heteroatoms. The van der Waals surface area contributed by atoms with Crippen LogP contribution in [0.25, 0.3) is 44.5 Å². The highest BCUT2D eigenvalue weighted by Crippen LogP contribution is 2.39. The molecule has 0 spiro atoms. The van der Waals surface area contributed by atoms with Crippen LogP contribution in [0.15, 0.2) is 85.3 Å². The second kappa shape index (κ2) is 7.48. The molecule has 0 amide bonds. The molecule has 2 aromatic heterocycles. The van der Waals surface area contributed by atoms with Crippen LogP contribution in [0, 0.1) is 6.92 Å². The van der Waals surface area contributed by atoms with E-state index in [0.717, 1.165) is 50.3 Å². The Bertz CT molecular complexity index is 1310. The largest absolute Gasteiger partial charge is 0.495 e. The van der Waals surface area contributed by atoms with Crippen LogP contribution >= 0.6 is 0 Å². The molecule has 1 N–H and O–H groups in total. The van der Waals surface area contributed by atoms with E-state index in [-0.39, 0.29) is 0 Å². The van der Waals surface area contributed by atoms with Crippen LogP contribution in [0.4, 0.5) is 0 Å². The number of hydrogen-bond donors (Lipinski definition) is 1. The molecule has 3 aromatic carbocycles. The van der Waals surface area contributed by atoms with E-state index in [1.165, 1.54) is 5.56 Å². The maximum atomic E-state index is 5.85. The van der Waals surface area contributed by atoms with Gasteiger partial charge in [-0.25, -0.2) is 4.98 Å². The lowest BCUT2D eigenvalue weighted by atomic mass is 9.97. The first-order valence-corrected chi connectivity index (χ1v) is 9.87. The first-order chi connectivity index (χ1) is 14.7. The molecule has 0 saturated heterocycles. The minimum atomic E-state index is 0.845. The zero-order chi connectivity index (χ0) is 20.5. The van der Waals surface area contributed by atoms with E-state index in [9.17, 15) is 0 Å². The summed E-state index contributed by atoms with van der Waals surface area (Å²) in [5.74, 6) is 1.71. The molecule has 0 aliphatic heterocycles. The molecule has 5 aromatic rings. The number of hydrogen-bond acceptors (Lipinski definition) is 3. The molecule has 4 nitrogen and oxygen atoms in total. The first kappa shape index (κ1) is 18.1. The predicted octanol–water partition coefficient (Wildman–Crippen LogP) is 6.28. The van der Waals surface area contributed by atoms with Crippen LogP contribution in [0.3, 0.4) is 0 Å². The number of benzene rings is 3. The topological polar surface area (TPSA) is 50.8 Å². The van der Waals surface area contributed by atoms with Crippen molar-refractivity contribution < 1.29 is 4.74 Å². The molecule has 0 saturated carbocycles. The molecule has 2 heterocycles. The van der Waals surface area contributed by atoms with Gasteiger partial charge in [0.25, 0.3) is 0 Å². The zero-order valence-corrected chi connectivity index (χ0v) is 16.9. The lowest BCUT2D eigenvalue weighted by Crippen LogP contribution is -1.94. The van der Waals surface area contributed by atoms with E-state index >= 15 is 0 Å². The highest BCUT2D eigenvalue weighted by Gasteiger charge is 2.14. The van der Waals surface area contributed by atoms with Gasteiger partial charge in [0.2, 0.25) is 0 Å². The normalized spacial score (nSPS) is 11.0. The Morgan fingerprint density at radius 2 is 1.47 bits per heavy atom. The number of nitrogens with zero attached hydrogens (tertiary/aromatic N) is 2. The van der Waals surface area contributed by atoms with Crippen molar-refractivity contribution in [2.45, 2.75) is 6.92 Å². The van der Waals surface area contributed by atoms with Crippen molar-refractivity contribution in [3.63, 3.8) is 0 Å². The van der Waals surface area contributed by atoms with Gasteiger partial charge in [-0.05, 0) is 24.1 Å². The standard InChI is InChI=1S/C26H21N3O/c1-17-6-8-19(9-7-17)23-16-29-24-21(4-3-5-22(24)25(23)30-2)18-10-12-20(13-11-18)26-27-14-15-28-26/h3-16H,1-2H3,(H,27,28). The van der Waals surface area contributed by atoms with Crippen LogP contribution in [-0.2, 0) is 0 Å². The lowest BCUT2D eigenvalue weighted by molar-refractivity contribution is 0.421. The van der Waals surface area contributed by atoms with Gasteiger partial charge in [-0.3, -0.25) is 4.98 Å². The molecule has 0 bridgehead atoms. The van der Waals surface area contributed by atoms with Gasteiger partial charge >= 0.3 is 0 Å². The fourth-order valence-corrected chi connectivity index (χ4v) is 3.82. The summed E-state index contributed by atoms with van der Waals surface area (Å²) in [6.07, 6.45) is 5.50. The van der Waals surface area contributed by atoms with E-state index in [1.807, 2.05) is 12.4 Å². The predicted molar refractivity (Wildman–Crippen MR) is 121 cm³/mol. The Kier molecular flexibility index (Phi) is 4.52. The third-order valence-corrected chi connectivity index (χ3v) is 5.38. The Hall–Kier alpha value is -3.92. The third kappa shape index (κ3) is 3.12. The number of H-pyrrole nitrogens is 1. The minimum Gasteiger partial charge on any atom is -0.495 e. The SMILES string of the molecule is COc1c(-c2ccc(C)cc2)cnc2c(-c3ccc(-c4ncc[nH]4)cc3)cccc12. The average molecular weight is 391 g/mol. The average Bonchev–Trinajstić information content (AvgIpc) is 3.33. The minimum absolute atomic E-state index is 0.845. The van der Waals surface area contributed by atoms with Crippen molar-refractivity contribution >= 4 is 10.9 Å². The quantitative estimate of drug-likeness (QED) is 0.392. The molecule has 0 radical (unpaired) electrons. The van der Waals surface area contributed by atoms with E-state index < -0.39 is 0 Å². The lowest BCUT2D eigenvalue weighted by Gasteiger charge is -2.14. The summed E-state index contributed by atoms with van der Waals surface area (Å²) < 4.78 is 5.85. The molecule has 0 unspecified atom stereocenters. The van der Waals surface area contributed by atoms with E-state index in [2.05, 4.69) is 83.6 Å². The summed E-state index contributed by atoms with van der Waals surface area (Å²) in [6, 6.07) is 23.0. The van der Waals surface area contributed by atoms with Gasteiger partial charge in [0.1, 0.15) is 11.6 Å². The van der Waals surface area contributed by atoms with Crippen molar-refractivity contribution in [1.82, 2.24) is 15.0 Å². The fourth-order valence-electron chi connectivity index (χ4n) is 3.82. The highest BCUT2D eigenvalue weighted by molar-refractivity contribution is 6.00. The number of aromatic nitrogens is 3. The number of nitrogens with one attached hydrogen (secondary N) is 1. The van der Waals surface area contributed by atoms with Crippen molar-refractivity contribution in [2.75, 3.05) is 7.11 Å². The molecular weight excluding hydrogens is 370 g/mol. The number of fused-ring (bicyclic) bond motifs is 1. The number of imidazole rings is 1. The molecule has 0 atom stereocenters. The Balaban J connectivity index is 1.63. The Labute approximate surface area is 175 Å². The van der Waals surface area contributed by atoms with Crippen molar-refractivity contribution in [2.24, 2.45) is 0 Å². The number of aryl methyl sites for hydroxylation is 1. The summed E-state index contributed by atoms with van der Waals surface area (Å²) in [5.41, 5.74) is 7.48. The van der Waals surface area contributed by atoms with Crippen molar-refractivity contribution in [1.29, 1.82) is 0 Å². The van der Waals surface area contributed by atoms with Crippen molar-refractivity contribution in [3.05, 3.63) is 90.9 Å². The van der Waals surface area contributed by atoms with Gasteiger partial charge in [-0.2, -0.15) is 0 Å². The number of ether oxygens (including phenoxy) is 1. The van der Waals surface area contributed by atoms with E-state index in [4.69, 9.17) is 9.72 Å². The number of pyridine rings is 1. The van der Waals surface area contributed by atoms with Crippen LogP contribution in [0.2, 0.25) is 0 Å². The zero-order valence-electron chi connectivity index (χ0n) is 16.9. The van der Waals surface area contributed by atoms with Gasteiger partial charge in [0, 0.05) is 40.7 Å². The number of para-hydroxylation sites is 1.